The molecule has 2 aromatic rings. The maximum atomic E-state index is 12.8. The van der Waals surface area contributed by atoms with Gasteiger partial charge in [0.05, 0.1) is 6.42 Å². The summed E-state index contributed by atoms with van der Waals surface area (Å²) in [5.41, 5.74) is 1.60. The minimum atomic E-state index is -0.291. The topological polar surface area (TPSA) is 20.3 Å². The predicted octanol–water partition coefficient (Wildman–Crippen LogP) is 4.33. The average molecular weight is 326 g/mol. The van der Waals surface area contributed by atoms with Crippen molar-refractivity contribution in [3.8, 4) is 0 Å². The zero-order chi connectivity index (χ0) is 15.4. The molecule has 2 aromatic carbocycles. The van der Waals surface area contributed by atoms with E-state index in [1.807, 2.05) is 0 Å². The van der Waals surface area contributed by atoms with Gasteiger partial charge in [0, 0.05) is 23.6 Å². The van der Waals surface area contributed by atoms with E-state index in [0.29, 0.717) is 16.6 Å². The molecule has 5 heteroatoms. The molecule has 0 aromatic heterocycles. The van der Waals surface area contributed by atoms with Crippen LogP contribution in [0.4, 0.5) is 4.39 Å². The molecule has 0 heterocycles. The molecule has 21 heavy (non-hydrogen) atoms. The molecule has 0 aliphatic rings. The zero-order valence-electron chi connectivity index (χ0n) is 11.4. The van der Waals surface area contributed by atoms with Crippen LogP contribution in [0.15, 0.2) is 42.5 Å². The highest BCUT2D eigenvalue weighted by Crippen LogP contribution is 2.22. The van der Waals surface area contributed by atoms with E-state index in [-0.39, 0.29) is 18.1 Å². The zero-order valence-corrected chi connectivity index (χ0v) is 13.0. The van der Waals surface area contributed by atoms with E-state index in [9.17, 15) is 9.18 Å². The first kappa shape index (κ1) is 15.8. The van der Waals surface area contributed by atoms with Crippen molar-refractivity contribution in [2.45, 2.75) is 13.0 Å². The van der Waals surface area contributed by atoms with Crippen molar-refractivity contribution >= 4 is 29.1 Å². The van der Waals surface area contributed by atoms with Crippen molar-refractivity contribution in [1.82, 2.24) is 4.90 Å². The lowest BCUT2D eigenvalue weighted by Gasteiger charge is -2.17. The van der Waals surface area contributed by atoms with Crippen LogP contribution in [0, 0.1) is 5.82 Å². The predicted molar refractivity (Wildman–Crippen MR) is 83.0 cm³/mol. The lowest BCUT2D eigenvalue weighted by molar-refractivity contribution is -0.129. The number of benzene rings is 2. The number of carbonyl (C=O) groups excluding carboxylic acids is 1. The minimum absolute atomic E-state index is 0.0662. The van der Waals surface area contributed by atoms with Gasteiger partial charge in [-0.05, 0) is 35.4 Å². The fourth-order valence-electron chi connectivity index (χ4n) is 1.91. The molecule has 0 aliphatic carbocycles. The normalized spacial score (nSPS) is 10.5. The summed E-state index contributed by atoms with van der Waals surface area (Å²) in [6.07, 6.45) is 0.202. The van der Waals surface area contributed by atoms with Crippen LogP contribution in [-0.2, 0) is 17.8 Å². The van der Waals surface area contributed by atoms with E-state index in [0.717, 1.165) is 11.1 Å². The molecule has 0 saturated carbocycles. The number of amides is 1. The van der Waals surface area contributed by atoms with E-state index in [1.54, 1.807) is 42.3 Å². The maximum absolute atomic E-state index is 12.8. The molecule has 0 aliphatic heterocycles. The molecular formula is C16H14Cl2FNO. The molecule has 2 rings (SSSR count). The third-order valence-electron chi connectivity index (χ3n) is 3.12. The van der Waals surface area contributed by atoms with Crippen LogP contribution in [-0.4, -0.2) is 17.9 Å². The van der Waals surface area contributed by atoms with Crippen LogP contribution in [0.3, 0.4) is 0 Å². The van der Waals surface area contributed by atoms with Crippen molar-refractivity contribution in [1.29, 1.82) is 0 Å². The van der Waals surface area contributed by atoms with Crippen LogP contribution in [0.1, 0.15) is 11.1 Å². The summed E-state index contributed by atoms with van der Waals surface area (Å²) in [7, 11) is 1.70. The summed E-state index contributed by atoms with van der Waals surface area (Å²) in [4.78, 5) is 13.8. The molecule has 2 nitrogen and oxygen atoms in total. The van der Waals surface area contributed by atoms with E-state index in [2.05, 4.69) is 0 Å². The summed E-state index contributed by atoms with van der Waals surface area (Å²) < 4.78 is 12.8. The summed E-state index contributed by atoms with van der Waals surface area (Å²) in [5.74, 6) is -0.357. The van der Waals surface area contributed by atoms with Gasteiger partial charge in [-0.15, -0.1) is 0 Å². The second-order valence-electron chi connectivity index (χ2n) is 4.79. The summed E-state index contributed by atoms with van der Waals surface area (Å²) in [6, 6.07) is 11.1. The Morgan fingerprint density at radius 1 is 1.14 bits per heavy atom. The monoisotopic (exact) mass is 325 g/mol. The first-order valence-corrected chi connectivity index (χ1v) is 7.13. The van der Waals surface area contributed by atoms with Gasteiger partial charge >= 0.3 is 0 Å². The summed E-state index contributed by atoms with van der Waals surface area (Å²) >= 11 is 11.9. The Morgan fingerprint density at radius 3 is 2.43 bits per heavy atom. The van der Waals surface area contributed by atoms with Crippen LogP contribution in [0.25, 0.3) is 0 Å². The Bertz CT molecular complexity index is 643. The Hall–Kier alpha value is -1.58. The molecule has 0 bridgehead atoms. The third kappa shape index (κ3) is 4.45. The number of hydrogen-bond donors (Lipinski definition) is 0. The van der Waals surface area contributed by atoms with Gasteiger partial charge in [0.25, 0.3) is 0 Å². The highest BCUT2D eigenvalue weighted by Gasteiger charge is 2.12. The van der Waals surface area contributed by atoms with Gasteiger partial charge in [0.15, 0.2) is 0 Å². The van der Waals surface area contributed by atoms with Crippen molar-refractivity contribution in [3.63, 3.8) is 0 Å². The average Bonchev–Trinajstić information content (AvgIpc) is 2.44. The second kappa shape index (κ2) is 6.92. The van der Waals surface area contributed by atoms with Gasteiger partial charge in [-0.1, -0.05) is 41.4 Å². The lowest BCUT2D eigenvalue weighted by atomic mass is 10.1. The molecule has 110 valence electrons. The van der Waals surface area contributed by atoms with Crippen LogP contribution in [0.2, 0.25) is 10.0 Å². The van der Waals surface area contributed by atoms with Gasteiger partial charge in [0.1, 0.15) is 5.82 Å². The minimum Gasteiger partial charge on any atom is -0.341 e. The number of hydrogen-bond acceptors (Lipinski definition) is 1. The summed E-state index contributed by atoms with van der Waals surface area (Å²) in [6.45, 7) is 0.421. The third-order valence-corrected chi connectivity index (χ3v) is 3.70. The molecule has 0 saturated heterocycles. The number of carbonyl (C=O) groups is 1. The first-order valence-electron chi connectivity index (χ1n) is 6.38. The standard InChI is InChI=1S/C16H14Cl2FNO/c1-20(10-11-2-6-14(19)7-3-11)16(21)8-12-4-5-13(17)9-15(12)18/h2-7,9H,8,10H2,1H3. The quantitative estimate of drug-likeness (QED) is 0.819. The first-order chi connectivity index (χ1) is 9.95. The van der Waals surface area contributed by atoms with Crippen LogP contribution in [0.5, 0.6) is 0 Å². The van der Waals surface area contributed by atoms with Crippen LogP contribution >= 0.6 is 23.2 Å². The van der Waals surface area contributed by atoms with E-state index < -0.39 is 0 Å². The highest BCUT2D eigenvalue weighted by molar-refractivity contribution is 6.35. The number of rotatable bonds is 4. The number of nitrogens with zero attached hydrogens (tertiary/aromatic N) is 1. The molecule has 0 atom stereocenters. The van der Waals surface area contributed by atoms with Gasteiger partial charge in [-0.3, -0.25) is 4.79 Å². The van der Waals surface area contributed by atoms with Crippen molar-refractivity contribution < 1.29 is 9.18 Å². The Morgan fingerprint density at radius 2 is 1.81 bits per heavy atom. The highest BCUT2D eigenvalue weighted by atomic mass is 35.5. The van der Waals surface area contributed by atoms with Crippen molar-refractivity contribution in [2.24, 2.45) is 0 Å². The molecule has 0 spiro atoms. The van der Waals surface area contributed by atoms with E-state index >= 15 is 0 Å². The van der Waals surface area contributed by atoms with E-state index in [1.165, 1.54) is 12.1 Å². The largest absolute Gasteiger partial charge is 0.341 e. The van der Waals surface area contributed by atoms with Gasteiger partial charge in [0.2, 0.25) is 5.91 Å². The Labute approximate surface area is 133 Å². The molecule has 1 amide bonds. The lowest BCUT2D eigenvalue weighted by Crippen LogP contribution is -2.27. The van der Waals surface area contributed by atoms with Crippen molar-refractivity contribution in [3.05, 3.63) is 69.5 Å². The second-order valence-corrected chi connectivity index (χ2v) is 5.63. The van der Waals surface area contributed by atoms with Gasteiger partial charge in [-0.2, -0.15) is 0 Å². The number of halogens is 3. The molecular weight excluding hydrogens is 312 g/mol. The fourth-order valence-corrected chi connectivity index (χ4v) is 2.39. The van der Waals surface area contributed by atoms with Gasteiger partial charge in [-0.25, -0.2) is 4.39 Å². The van der Waals surface area contributed by atoms with Crippen LogP contribution < -0.4 is 0 Å². The molecule has 0 unspecified atom stereocenters. The molecule has 0 N–H and O–H groups in total. The smallest absolute Gasteiger partial charge is 0.227 e. The van der Waals surface area contributed by atoms with Crippen molar-refractivity contribution in [2.75, 3.05) is 7.05 Å². The molecule has 0 radical (unpaired) electrons. The SMILES string of the molecule is CN(Cc1ccc(F)cc1)C(=O)Cc1ccc(Cl)cc1Cl. The van der Waals surface area contributed by atoms with Gasteiger partial charge < -0.3 is 4.90 Å². The fraction of sp³-hybridized carbons (Fsp3) is 0.188. The Kier molecular flexibility index (Phi) is 5.21. The maximum Gasteiger partial charge on any atom is 0.227 e. The van der Waals surface area contributed by atoms with E-state index in [4.69, 9.17) is 23.2 Å². The molecule has 0 fully saturated rings. The summed E-state index contributed by atoms with van der Waals surface area (Å²) in [5, 5.41) is 1.02. The Balaban J connectivity index is 2.00. The number of likely N-dealkylation sites (N-methyl/N-ethyl adjacent to an activating group) is 1.